The Balaban J connectivity index is 2.09. The summed E-state index contributed by atoms with van der Waals surface area (Å²) in [7, 11) is 0. The molecule has 0 aliphatic rings. The quantitative estimate of drug-likeness (QED) is 0.362. The van der Waals surface area contributed by atoms with Crippen LogP contribution in [-0.4, -0.2) is 22.0 Å². The second-order valence-corrected chi connectivity index (χ2v) is 5.16. The Morgan fingerprint density at radius 2 is 1.71 bits per heavy atom. The number of carbonyl (C=O) groups excluding carboxylic acids is 1. The molecule has 0 spiro atoms. The van der Waals surface area contributed by atoms with Crippen LogP contribution in [0.25, 0.3) is 0 Å². The lowest BCUT2D eigenvalue weighted by Crippen LogP contribution is -2.25. The Kier molecular flexibility index (Phi) is 5.62. The molecule has 0 saturated heterocycles. The molecule has 1 atom stereocenters. The number of aliphatic carboxylic acids is 1. The molecule has 124 valence electrons. The van der Waals surface area contributed by atoms with Crippen molar-refractivity contribution in [2.24, 2.45) is 5.92 Å². The van der Waals surface area contributed by atoms with E-state index >= 15 is 0 Å². The molecule has 0 aliphatic heterocycles. The zero-order valence-electron chi connectivity index (χ0n) is 12.6. The van der Waals surface area contributed by atoms with Gasteiger partial charge in [0.25, 0.3) is 5.69 Å². The van der Waals surface area contributed by atoms with Gasteiger partial charge >= 0.3 is 11.9 Å². The van der Waals surface area contributed by atoms with Crippen molar-refractivity contribution in [3.05, 3.63) is 70.3 Å². The number of esters is 1. The number of hydrogen-bond donors (Lipinski definition) is 1. The van der Waals surface area contributed by atoms with E-state index in [0.717, 1.165) is 5.56 Å². The van der Waals surface area contributed by atoms with Gasteiger partial charge in [-0.1, -0.05) is 30.3 Å². The Labute approximate surface area is 137 Å². The van der Waals surface area contributed by atoms with E-state index < -0.39 is 22.8 Å². The maximum Gasteiger partial charge on any atom is 0.315 e. The second kappa shape index (κ2) is 7.87. The number of rotatable bonds is 7. The highest BCUT2D eigenvalue weighted by Gasteiger charge is 2.24. The first-order chi connectivity index (χ1) is 11.5. The van der Waals surface area contributed by atoms with Gasteiger partial charge in [-0.15, -0.1) is 0 Å². The minimum atomic E-state index is -1.10. The van der Waals surface area contributed by atoms with Crippen LogP contribution < -0.4 is 4.74 Å². The van der Waals surface area contributed by atoms with Crippen molar-refractivity contribution in [1.82, 2.24) is 0 Å². The molecule has 7 nitrogen and oxygen atoms in total. The van der Waals surface area contributed by atoms with Crippen LogP contribution in [0, 0.1) is 16.0 Å². The summed E-state index contributed by atoms with van der Waals surface area (Å²) in [6.07, 6.45) is -0.125. The third kappa shape index (κ3) is 4.91. The summed E-state index contributed by atoms with van der Waals surface area (Å²) < 4.78 is 5.16. The fourth-order valence-electron chi connectivity index (χ4n) is 2.18. The third-order valence-electron chi connectivity index (χ3n) is 3.35. The lowest BCUT2D eigenvalue weighted by molar-refractivity contribution is -0.384. The molecule has 2 aromatic carbocycles. The minimum absolute atomic E-state index is 0.124. The van der Waals surface area contributed by atoms with Crippen molar-refractivity contribution in [3.63, 3.8) is 0 Å². The van der Waals surface area contributed by atoms with Gasteiger partial charge in [-0.2, -0.15) is 0 Å². The molecule has 0 bridgehead atoms. The van der Waals surface area contributed by atoms with Crippen molar-refractivity contribution >= 4 is 17.6 Å². The van der Waals surface area contributed by atoms with Gasteiger partial charge in [0.15, 0.2) is 0 Å². The molecule has 0 heterocycles. The first-order valence-electron chi connectivity index (χ1n) is 7.17. The number of carboxylic acids is 1. The first kappa shape index (κ1) is 17.1. The fourth-order valence-corrected chi connectivity index (χ4v) is 2.18. The topological polar surface area (TPSA) is 107 Å². The molecule has 7 heteroatoms. The zero-order chi connectivity index (χ0) is 17.5. The fraction of sp³-hybridized carbons (Fsp3) is 0.176. The Morgan fingerprint density at radius 1 is 1.08 bits per heavy atom. The maximum absolute atomic E-state index is 12.3. The molecular formula is C17H15NO6. The van der Waals surface area contributed by atoms with Crippen molar-refractivity contribution < 1.29 is 24.4 Å². The number of ether oxygens (including phenoxy) is 1. The van der Waals surface area contributed by atoms with Gasteiger partial charge in [0.1, 0.15) is 5.75 Å². The van der Waals surface area contributed by atoms with Crippen LogP contribution in [0.4, 0.5) is 5.69 Å². The Bertz CT molecular complexity index is 727. The average molecular weight is 329 g/mol. The van der Waals surface area contributed by atoms with E-state index in [4.69, 9.17) is 9.84 Å². The number of hydrogen-bond acceptors (Lipinski definition) is 5. The molecule has 0 amide bonds. The van der Waals surface area contributed by atoms with Crippen LogP contribution in [0.15, 0.2) is 54.6 Å². The molecule has 0 aromatic heterocycles. The monoisotopic (exact) mass is 329 g/mol. The average Bonchev–Trinajstić information content (AvgIpc) is 2.55. The second-order valence-electron chi connectivity index (χ2n) is 5.16. The van der Waals surface area contributed by atoms with E-state index in [1.54, 1.807) is 24.3 Å². The molecule has 2 rings (SSSR count). The largest absolute Gasteiger partial charge is 0.481 e. The number of nitro groups is 1. The van der Waals surface area contributed by atoms with Crippen LogP contribution in [0.2, 0.25) is 0 Å². The first-order valence-corrected chi connectivity index (χ1v) is 7.17. The Morgan fingerprint density at radius 3 is 2.25 bits per heavy atom. The van der Waals surface area contributed by atoms with Crippen LogP contribution in [0.3, 0.4) is 0 Å². The van der Waals surface area contributed by atoms with Crippen LogP contribution >= 0.6 is 0 Å². The molecule has 24 heavy (non-hydrogen) atoms. The summed E-state index contributed by atoms with van der Waals surface area (Å²) in [6.45, 7) is 0. The van der Waals surface area contributed by atoms with Crippen molar-refractivity contribution in [2.75, 3.05) is 0 Å². The highest BCUT2D eigenvalue weighted by Crippen LogP contribution is 2.20. The van der Waals surface area contributed by atoms with E-state index in [1.807, 2.05) is 6.07 Å². The van der Waals surface area contributed by atoms with Gasteiger partial charge < -0.3 is 9.84 Å². The van der Waals surface area contributed by atoms with E-state index in [9.17, 15) is 19.7 Å². The summed E-state index contributed by atoms with van der Waals surface area (Å²) in [5, 5.41) is 19.6. The molecule has 1 N–H and O–H groups in total. The van der Waals surface area contributed by atoms with Gasteiger partial charge in [0.05, 0.1) is 17.3 Å². The van der Waals surface area contributed by atoms with Crippen LogP contribution in [0.1, 0.15) is 12.0 Å². The predicted octanol–water partition coefficient (Wildman–Crippen LogP) is 2.83. The lowest BCUT2D eigenvalue weighted by atomic mass is 9.96. The van der Waals surface area contributed by atoms with Gasteiger partial charge in [0, 0.05) is 12.1 Å². The molecule has 0 saturated carbocycles. The Hall–Kier alpha value is -3.22. The molecule has 2 aromatic rings. The van der Waals surface area contributed by atoms with Crippen molar-refractivity contribution in [2.45, 2.75) is 12.8 Å². The van der Waals surface area contributed by atoms with Gasteiger partial charge in [-0.05, 0) is 24.1 Å². The van der Waals surface area contributed by atoms with Gasteiger partial charge in [-0.25, -0.2) is 0 Å². The summed E-state index contributed by atoms with van der Waals surface area (Å²) in [5.74, 6) is -2.50. The van der Waals surface area contributed by atoms with Crippen molar-refractivity contribution in [3.8, 4) is 5.75 Å². The van der Waals surface area contributed by atoms with Gasteiger partial charge in [-0.3, -0.25) is 19.7 Å². The maximum atomic E-state index is 12.3. The number of benzene rings is 2. The minimum Gasteiger partial charge on any atom is -0.481 e. The zero-order valence-corrected chi connectivity index (χ0v) is 12.6. The normalized spacial score (nSPS) is 11.5. The van der Waals surface area contributed by atoms with Gasteiger partial charge in [0.2, 0.25) is 0 Å². The van der Waals surface area contributed by atoms with E-state index in [1.165, 1.54) is 24.3 Å². The standard InChI is InChI=1S/C17H15NO6/c19-16(20)11-13(10-12-4-2-1-3-5-12)17(21)24-15-8-6-14(7-9-15)18(22)23/h1-9,13H,10-11H2,(H,19,20)/t13-/m1/s1. The summed E-state index contributed by atoms with van der Waals surface area (Å²) in [5.41, 5.74) is 0.700. The third-order valence-corrected chi connectivity index (χ3v) is 3.35. The molecule has 0 radical (unpaired) electrons. The predicted molar refractivity (Wildman–Crippen MR) is 84.6 cm³/mol. The number of carboxylic acid groups (broad SMARTS) is 1. The van der Waals surface area contributed by atoms with Crippen LogP contribution in [0.5, 0.6) is 5.75 Å². The number of nitrogens with zero attached hydrogens (tertiary/aromatic N) is 1. The van der Waals surface area contributed by atoms with E-state index in [2.05, 4.69) is 0 Å². The van der Waals surface area contributed by atoms with E-state index in [0.29, 0.717) is 0 Å². The molecular weight excluding hydrogens is 314 g/mol. The summed E-state index contributed by atoms with van der Waals surface area (Å²) >= 11 is 0. The molecule has 0 unspecified atom stereocenters. The number of nitro benzene ring substituents is 1. The SMILES string of the molecule is O=C(O)C[C@@H](Cc1ccccc1)C(=O)Oc1ccc([N+](=O)[O-])cc1. The smallest absolute Gasteiger partial charge is 0.315 e. The summed E-state index contributed by atoms with van der Waals surface area (Å²) in [4.78, 5) is 33.3. The van der Waals surface area contributed by atoms with Crippen LogP contribution in [-0.2, 0) is 16.0 Å². The molecule has 0 fully saturated rings. The number of carbonyl (C=O) groups is 2. The highest BCUT2D eigenvalue weighted by molar-refractivity contribution is 5.81. The molecule has 0 aliphatic carbocycles. The van der Waals surface area contributed by atoms with Crippen molar-refractivity contribution in [1.29, 1.82) is 0 Å². The lowest BCUT2D eigenvalue weighted by Gasteiger charge is -2.14. The van der Waals surface area contributed by atoms with E-state index in [-0.39, 0.29) is 24.3 Å². The highest BCUT2D eigenvalue weighted by atomic mass is 16.6. The summed E-state index contributed by atoms with van der Waals surface area (Å²) in [6, 6.07) is 14.1. The number of non-ortho nitro benzene ring substituents is 1.